The molecule has 0 spiro atoms. The normalized spacial score (nSPS) is 32.8. The second kappa shape index (κ2) is 4.06. The van der Waals surface area contributed by atoms with Crippen LogP contribution in [0.4, 0.5) is 0 Å². The summed E-state index contributed by atoms with van der Waals surface area (Å²) in [7, 11) is 0. The van der Waals surface area contributed by atoms with Crippen molar-refractivity contribution in [1.82, 2.24) is 0 Å². The largest absolute Gasteiger partial charge is 0.393 e. The fourth-order valence-corrected chi connectivity index (χ4v) is 1.73. The van der Waals surface area contributed by atoms with Gasteiger partial charge < -0.3 is 10.8 Å². The molecule has 1 aliphatic carbocycles. The van der Waals surface area contributed by atoms with Crippen LogP contribution < -0.4 is 5.73 Å². The molecule has 0 saturated carbocycles. The molecule has 12 heavy (non-hydrogen) atoms. The second-order valence-electron chi connectivity index (χ2n) is 4.03. The summed E-state index contributed by atoms with van der Waals surface area (Å²) in [6.45, 7) is 4.12. The Labute approximate surface area is 74.5 Å². The van der Waals surface area contributed by atoms with E-state index in [-0.39, 0.29) is 12.1 Å². The number of hydrogen-bond donors (Lipinski definition) is 2. The van der Waals surface area contributed by atoms with Crippen LogP contribution in [0.3, 0.4) is 0 Å². The van der Waals surface area contributed by atoms with Gasteiger partial charge >= 0.3 is 0 Å². The van der Waals surface area contributed by atoms with Crippen molar-refractivity contribution >= 4 is 0 Å². The average molecular weight is 169 g/mol. The Balaban J connectivity index is 2.46. The van der Waals surface area contributed by atoms with Gasteiger partial charge in [0, 0.05) is 6.04 Å². The Morgan fingerprint density at radius 3 is 2.92 bits per heavy atom. The summed E-state index contributed by atoms with van der Waals surface area (Å²) in [4.78, 5) is 0. The van der Waals surface area contributed by atoms with Crippen molar-refractivity contribution < 1.29 is 5.11 Å². The second-order valence-corrected chi connectivity index (χ2v) is 4.03. The third-order valence-corrected chi connectivity index (χ3v) is 2.47. The predicted octanol–water partition coefficient (Wildman–Crippen LogP) is 1.44. The fraction of sp³-hybridized carbons (Fsp3) is 0.800. The van der Waals surface area contributed by atoms with Gasteiger partial charge in [0.15, 0.2) is 0 Å². The van der Waals surface area contributed by atoms with E-state index in [9.17, 15) is 5.11 Å². The Bertz CT molecular complexity index is 175. The maximum Gasteiger partial charge on any atom is 0.0603 e. The molecule has 0 aromatic rings. The molecule has 0 aromatic carbocycles. The summed E-state index contributed by atoms with van der Waals surface area (Å²) in [5.41, 5.74) is 7.12. The van der Waals surface area contributed by atoms with E-state index in [1.54, 1.807) is 0 Å². The van der Waals surface area contributed by atoms with Crippen LogP contribution in [0.25, 0.3) is 0 Å². The Morgan fingerprint density at radius 2 is 2.42 bits per heavy atom. The van der Waals surface area contributed by atoms with E-state index >= 15 is 0 Å². The van der Waals surface area contributed by atoms with Gasteiger partial charge in [-0.25, -0.2) is 0 Å². The molecule has 0 saturated heterocycles. The third kappa shape index (κ3) is 2.61. The third-order valence-electron chi connectivity index (χ3n) is 2.47. The number of nitrogens with two attached hydrogens (primary N) is 1. The molecule has 1 rings (SSSR count). The van der Waals surface area contributed by atoms with Crippen molar-refractivity contribution in [1.29, 1.82) is 0 Å². The smallest absolute Gasteiger partial charge is 0.0603 e. The van der Waals surface area contributed by atoms with Crippen molar-refractivity contribution in [3.05, 3.63) is 11.6 Å². The number of aliphatic hydroxyl groups is 1. The van der Waals surface area contributed by atoms with E-state index in [1.807, 2.05) is 6.92 Å². The zero-order valence-corrected chi connectivity index (χ0v) is 7.96. The van der Waals surface area contributed by atoms with Crippen molar-refractivity contribution in [2.24, 2.45) is 11.7 Å². The highest BCUT2D eigenvalue weighted by Crippen LogP contribution is 2.26. The monoisotopic (exact) mass is 169 g/mol. The van der Waals surface area contributed by atoms with E-state index in [0.29, 0.717) is 5.92 Å². The number of rotatable bonds is 2. The minimum Gasteiger partial charge on any atom is -0.393 e. The van der Waals surface area contributed by atoms with Crippen LogP contribution in [0.2, 0.25) is 0 Å². The van der Waals surface area contributed by atoms with Crippen LogP contribution in [0.1, 0.15) is 33.1 Å². The van der Waals surface area contributed by atoms with Crippen LogP contribution in [0.15, 0.2) is 11.6 Å². The predicted molar refractivity (Wildman–Crippen MR) is 50.8 cm³/mol. The highest BCUT2D eigenvalue weighted by molar-refractivity contribution is 5.09. The van der Waals surface area contributed by atoms with Crippen molar-refractivity contribution in [2.75, 3.05) is 0 Å². The summed E-state index contributed by atoms with van der Waals surface area (Å²) < 4.78 is 0. The molecule has 2 nitrogen and oxygen atoms in total. The molecule has 3 unspecified atom stereocenters. The maximum absolute atomic E-state index is 9.45. The van der Waals surface area contributed by atoms with E-state index in [0.717, 1.165) is 19.3 Å². The van der Waals surface area contributed by atoms with Gasteiger partial charge in [-0.2, -0.15) is 0 Å². The standard InChI is InChI=1S/C10H19NO/c1-7-5-9(6-8(2)11)3-4-10(7)12/h3,7-8,10,12H,4-6,11H2,1-2H3. The van der Waals surface area contributed by atoms with Crippen LogP contribution in [-0.2, 0) is 0 Å². The fourth-order valence-electron chi connectivity index (χ4n) is 1.73. The number of hydrogen-bond acceptors (Lipinski definition) is 2. The molecule has 2 heteroatoms. The quantitative estimate of drug-likeness (QED) is 0.614. The summed E-state index contributed by atoms with van der Waals surface area (Å²) >= 11 is 0. The molecule has 0 aromatic heterocycles. The van der Waals surface area contributed by atoms with Gasteiger partial charge in [0.2, 0.25) is 0 Å². The molecule has 0 radical (unpaired) electrons. The molecular weight excluding hydrogens is 150 g/mol. The van der Waals surface area contributed by atoms with Gasteiger partial charge in [0.1, 0.15) is 0 Å². The van der Waals surface area contributed by atoms with E-state index in [1.165, 1.54) is 5.57 Å². The lowest BCUT2D eigenvalue weighted by atomic mass is 9.85. The minimum atomic E-state index is -0.137. The van der Waals surface area contributed by atoms with Gasteiger partial charge in [-0.15, -0.1) is 0 Å². The zero-order chi connectivity index (χ0) is 9.14. The van der Waals surface area contributed by atoms with Crippen molar-refractivity contribution in [3.63, 3.8) is 0 Å². The van der Waals surface area contributed by atoms with Crippen molar-refractivity contribution in [3.8, 4) is 0 Å². The van der Waals surface area contributed by atoms with Gasteiger partial charge in [-0.3, -0.25) is 0 Å². The van der Waals surface area contributed by atoms with Crippen LogP contribution in [-0.4, -0.2) is 17.3 Å². The van der Waals surface area contributed by atoms with E-state index in [4.69, 9.17) is 5.73 Å². The van der Waals surface area contributed by atoms with Crippen LogP contribution >= 0.6 is 0 Å². The lowest BCUT2D eigenvalue weighted by molar-refractivity contribution is 0.112. The Hall–Kier alpha value is -0.340. The molecule has 70 valence electrons. The molecule has 1 aliphatic rings. The Morgan fingerprint density at radius 1 is 1.75 bits per heavy atom. The molecule has 0 amide bonds. The molecule has 0 bridgehead atoms. The summed E-state index contributed by atoms with van der Waals surface area (Å²) in [5, 5.41) is 9.45. The first-order valence-electron chi connectivity index (χ1n) is 4.71. The highest BCUT2D eigenvalue weighted by Gasteiger charge is 2.19. The molecule has 0 heterocycles. The van der Waals surface area contributed by atoms with Gasteiger partial charge in [-0.1, -0.05) is 18.6 Å². The first kappa shape index (κ1) is 9.75. The van der Waals surface area contributed by atoms with Crippen LogP contribution in [0, 0.1) is 5.92 Å². The molecule has 3 N–H and O–H groups in total. The number of aliphatic hydroxyl groups excluding tert-OH is 1. The SMILES string of the molecule is CC(N)CC1=CCC(O)C(C)C1. The molecular formula is C10H19NO. The van der Waals surface area contributed by atoms with Gasteiger partial charge in [-0.05, 0) is 32.1 Å². The summed E-state index contributed by atoms with van der Waals surface area (Å²) in [6.07, 6.45) is 4.82. The molecule has 0 fully saturated rings. The molecule has 3 atom stereocenters. The van der Waals surface area contributed by atoms with Gasteiger partial charge in [0.25, 0.3) is 0 Å². The average Bonchev–Trinajstić information content (AvgIpc) is 1.96. The van der Waals surface area contributed by atoms with E-state index < -0.39 is 0 Å². The first-order valence-corrected chi connectivity index (χ1v) is 4.71. The van der Waals surface area contributed by atoms with Gasteiger partial charge in [0.05, 0.1) is 6.10 Å². The minimum absolute atomic E-state index is 0.137. The van der Waals surface area contributed by atoms with Crippen molar-refractivity contribution in [2.45, 2.75) is 45.3 Å². The van der Waals surface area contributed by atoms with Crippen LogP contribution in [0.5, 0.6) is 0 Å². The first-order chi connectivity index (χ1) is 5.59. The topological polar surface area (TPSA) is 46.2 Å². The maximum atomic E-state index is 9.45. The molecule has 0 aliphatic heterocycles. The van der Waals surface area contributed by atoms with E-state index in [2.05, 4.69) is 13.0 Å². The zero-order valence-electron chi connectivity index (χ0n) is 7.96. The summed E-state index contributed by atoms with van der Waals surface area (Å²) in [5.74, 6) is 0.406. The summed E-state index contributed by atoms with van der Waals surface area (Å²) in [6, 6.07) is 0.249. The lowest BCUT2D eigenvalue weighted by Gasteiger charge is -2.25. The Kier molecular flexibility index (Phi) is 3.29. The highest BCUT2D eigenvalue weighted by atomic mass is 16.3. The lowest BCUT2D eigenvalue weighted by Crippen LogP contribution is -2.24.